The molecule has 1 aromatic heterocycles. The molecule has 0 aliphatic carbocycles. The standard InChI is InChI=1S/C29H31FN2O/c1-20(2)17-31-29(33)16-26(23-12-14-24(30)15-13-23)27-19-32(28-7-5-4-6-25(27)28)18-22-10-8-21(3)9-11-22/h4-15,19-20,26H,16-18H2,1-3H3,(H,31,33)/t26-/m1/s1. The number of rotatable bonds is 8. The summed E-state index contributed by atoms with van der Waals surface area (Å²) in [6.45, 7) is 7.64. The fraction of sp³-hybridized carbons (Fsp3) is 0.276. The van der Waals surface area contributed by atoms with Gasteiger partial charge >= 0.3 is 0 Å². The molecule has 4 aromatic rings. The number of para-hydroxylation sites is 1. The maximum absolute atomic E-state index is 13.7. The van der Waals surface area contributed by atoms with E-state index in [9.17, 15) is 9.18 Å². The molecule has 0 aliphatic rings. The summed E-state index contributed by atoms with van der Waals surface area (Å²) in [5, 5.41) is 4.16. The Bertz CT molecular complexity index is 1220. The van der Waals surface area contributed by atoms with Crippen molar-refractivity contribution in [2.75, 3.05) is 6.54 Å². The lowest BCUT2D eigenvalue weighted by Crippen LogP contribution is -2.28. The van der Waals surface area contributed by atoms with E-state index >= 15 is 0 Å². The molecular weight excluding hydrogens is 411 g/mol. The molecule has 1 N–H and O–H groups in total. The molecule has 0 saturated carbocycles. The summed E-state index contributed by atoms with van der Waals surface area (Å²) in [5.41, 5.74) is 5.61. The first-order valence-electron chi connectivity index (χ1n) is 11.6. The van der Waals surface area contributed by atoms with Gasteiger partial charge in [-0.1, -0.05) is 74.0 Å². The topological polar surface area (TPSA) is 34.0 Å². The van der Waals surface area contributed by atoms with Crippen LogP contribution in [-0.4, -0.2) is 17.0 Å². The van der Waals surface area contributed by atoms with Crippen molar-refractivity contribution in [3.05, 3.63) is 107 Å². The van der Waals surface area contributed by atoms with Crippen LogP contribution in [0.2, 0.25) is 0 Å². The Morgan fingerprint density at radius 3 is 2.36 bits per heavy atom. The van der Waals surface area contributed by atoms with Gasteiger partial charge in [0.15, 0.2) is 0 Å². The quantitative estimate of drug-likeness (QED) is 0.335. The van der Waals surface area contributed by atoms with Crippen molar-refractivity contribution in [1.82, 2.24) is 9.88 Å². The van der Waals surface area contributed by atoms with E-state index in [1.807, 2.05) is 12.1 Å². The number of halogens is 1. The second-order valence-corrected chi connectivity index (χ2v) is 9.22. The van der Waals surface area contributed by atoms with Gasteiger partial charge in [-0.05, 0) is 47.7 Å². The summed E-state index contributed by atoms with van der Waals surface area (Å²) in [7, 11) is 0. The Morgan fingerprint density at radius 1 is 0.970 bits per heavy atom. The molecule has 4 heteroatoms. The lowest BCUT2D eigenvalue weighted by atomic mass is 9.88. The molecule has 0 radical (unpaired) electrons. The molecule has 0 fully saturated rings. The number of carbonyl (C=O) groups is 1. The summed E-state index contributed by atoms with van der Waals surface area (Å²) in [6.07, 6.45) is 2.48. The Hall–Kier alpha value is -3.40. The molecule has 4 rings (SSSR count). The summed E-state index contributed by atoms with van der Waals surface area (Å²) in [5.74, 6) is -0.0477. The van der Waals surface area contributed by atoms with Crippen molar-refractivity contribution in [3.63, 3.8) is 0 Å². The molecule has 3 aromatic carbocycles. The van der Waals surface area contributed by atoms with Crippen LogP contribution in [0.15, 0.2) is 79.0 Å². The highest BCUT2D eigenvalue weighted by Crippen LogP contribution is 2.35. The molecule has 3 nitrogen and oxygen atoms in total. The molecule has 1 atom stereocenters. The molecule has 33 heavy (non-hydrogen) atoms. The third kappa shape index (κ3) is 5.51. The maximum atomic E-state index is 13.7. The molecule has 170 valence electrons. The minimum Gasteiger partial charge on any atom is -0.356 e. The number of hydrogen-bond donors (Lipinski definition) is 1. The molecule has 1 amide bonds. The summed E-state index contributed by atoms with van der Waals surface area (Å²) >= 11 is 0. The van der Waals surface area contributed by atoms with Gasteiger partial charge in [-0.15, -0.1) is 0 Å². The lowest BCUT2D eigenvalue weighted by molar-refractivity contribution is -0.121. The summed E-state index contributed by atoms with van der Waals surface area (Å²) < 4.78 is 15.9. The average Bonchev–Trinajstić information content (AvgIpc) is 3.16. The zero-order valence-electron chi connectivity index (χ0n) is 19.5. The predicted molar refractivity (Wildman–Crippen MR) is 133 cm³/mol. The van der Waals surface area contributed by atoms with E-state index in [-0.39, 0.29) is 17.6 Å². The number of aromatic nitrogens is 1. The normalized spacial score (nSPS) is 12.3. The number of amides is 1. The number of nitrogens with zero attached hydrogens (tertiary/aromatic N) is 1. The number of benzene rings is 3. The van der Waals surface area contributed by atoms with Gasteiger partial charge in [-0.3, -0.25) is 4.79 Å². The largest absolute Gasteiger partial charge is 0.356 e. The zero-order chi connectivity index (χ0) is 23.4. The van der Waals surface area contributed by atoms with Crippen LogP contribution >= 0.6 is 0 Å². The van der Waals surface area contributed by atoms with Crippen molar-refractivity contribution in [1.29, 1.82) is 0 Å². The van der Waals surface area contributed by atoms with Gasteiger partial charge in [-0.2, -0.15) is 0 Å². The van der Waals surface area contributed by atoms with Crippen molar-refractivity contribution in [2.24, 2.45) is 5.92 Å². The second-order valence-electron chi connectivity index (χ2n) is 9.22. The van der Waals surface area contributed by atoms with Crippen molar-refractivity contribution < 1.29 is 9.18 Å². The SMILES string of the molecule is Cc1ccc(Cn2cc([C@H](CC(=O)NCC(C)C)c3ccc(F)cc3)c3ccccc32)cc1. The first-order valence-corrected chi connectivity index (χ1v) is 11.6. The molecule has 0 unspecified atom stereocenters. The molecule has 0 bridgehead atoms. The van der Waals surface area contributed by atoms with Gasteiger partial charge in [0, 0.05) is 42.5 Å². The average molecular weight is 443 g/mol. The Labute approximate surface area is 195 Å². The Kier molecular flexibility index (Phi) is 6.93. The first kappa shape index (κ1) is 22.8. The third-order valence-corrected chi connectivity index (χ3v) is 6.04. The molecule has 0 saturated heterocycles. The summed E-state index contributed by atoms with van der Waals surface area (Å²) in [4.78, 5) is 12.8. The predicted octanol–water partition coefficient (Wildman–Crippen LogP) is 6.43. The smallest absolute Gasteiger partial charge is 0.220 e. The van der Waals surface area contributed by atoms with Crippen LogP contribution in [0.5, 0.6) is 0 Å². The van der Waals surface area contributed by atoms with Gasteiger partial charge in [0.2, 0.25) is 5.91 Å². The van der Waals surface area contributed by atoms with E-state index in [4.69, 9.17) is 0 Å². The van der Waals surface area contributed by atoms with Gasteiger partial charge in [0.1, 0.15) is 5.82 Å². The van der Waals surface area contributed by atoms with Crippen LogP contribution in [0.1, 0.15) is 48.4 Å². The highest BCUT2D eigenvalue weighted by molar-refractivity contribution is 5.86. The minimum atomic E-state index is -0.274. The van der Waals surface area contributed by atoms with E-state index in [0.29, 0.717) is 18.9 Å². The molecule has 1 heterocycles. The maximum Gasteiger partial charge on any atom is 0.220 e. The van der Waals surface area contributed by atoms with Crippen LogP contribution in [0.3, 0.4) is 0 Å². The second kappa shape index (κ2) is 10.0. The van der Waals surface area contributed by atoms with Crippen LogP contribution in [0, 0.1) is 18.7 Å². The highest BCUT2D eigenvalue weighted by Gasteiger charge is 2.23. The first-order chi connectivity index (χ1) is 15.9. The lowest BCUT2D eigenvalue weighted by Gasteiger charge is -2.18. The zero-order valence-corrected chi connectivity index (χ0v) is 19.5. The van der Waals surface area contributed by atoms with E-state index in [1.165, 1.54) is 23.3 Å². The third-order valence-electron chi connectivity index (χ3n) is 6.04. The van der Waals surface area contributed by atoms with Crippen molar-refractivity contribution in [2.45, 2.75) is 39.7 Å². The van der Waals surface area contributed by atoms with E-state index < -0.39 is 0 Å². The fourth-order valence-electron chi connectivity index (χ4n) is 4.25. The number of aryl methyl sites for hydroxylation is 1. The minimum absolute atomic E-state index is 0.00777. The van der Waals surface area contributed by atoms with Gasteiger partial charge in [-0.25, -0.2) is 4.39 Å². The van der Waals surface area contributed by atoms with Gasteiger partial charge in [0.05, 0.1) is 0 Å². The van der Waals surface area contributed by atoms with Crippen LogP contribution < -0.4 is 5.32 Å². The summed E-state index contributed by atoms with van der Waals surface area (Å²) in [6, 6.07) is 23.4. The van der Waals surface area contributed by atoms with Gasteiger partial charge < -0.3 is 9.88 Å². The van der Waals surface area contributed by atoms with Crippen LogP contribution in [0.4, 0.5) is 4.39 Å². The van der Waals surface area contributed by atoms with Gasteiger partial charge in [0.25, 0.3) is 0 Å². The highest BCUT2D eigenvalue weighted by atomic mass is 19.1. The van der Waals surface area contributed by atoms with Crippen molar-refractivity contribution in [3.8, 4) is 0 Å². The van der Waals surface area contributed by atoms with Crippen molar-refractivity contribution >= 4 is 16.8 Å². The number of fused-ring (bicyclic) bond motifs is 1. The Morgan fingerprint density at radius 2 is 1.67 bits per heavy atom. The number of hydrogen-bond acceptors (Lipinski definition) is 1. The van der Waals surface area contributed by atoms with E-state index in [0.717, 1.165) is 28.6 Å². The molecule has 0 aliphatic heterocycles. The number of nitrogens with one attached hydrogen (secondary N) is 1. The fourth-order valence-corrected chi connectivity index (χ4v) is 4.25. The van der Waals surface area contributed by atoms with Crippen LogP contribution in [0.25, 0.3) is 10.9 Å². The molecule has 0 spiro atoms. The number of carbonyl (C=O) groups excluding carboxylic acids is 1. The molecular formula is C29H31FN2O. The monoisotopic (exact) mass is 442 g/mol. The van der Waals surface area contributed by atoms with Crippen LogP contribution in [-0.2, 0) is 11.3 Å². The van der Waals surface area contributed by atoms with E-state index in [1.54, 1.807) is 12.1 Å². The Balaban J connectivity index is 1.74. The van der Waals surface area contributed by atoms with E-state index in [2.05, 4.69) is 73.3 Å².